The van der Waals surface area contributed by atoms with Gasteiger partial charge in [0.1, 0.15) is 11.5 Å². The summed E-state index contributed by atoms with van der Waals surface area (Å²) in [6.45, 7) is 0. The number of alkyl halides is 3. The standard InChI is InChI=1S/C22H13F3N2O4/c23-22(24,25)19-17(12-16-9-10-18(31-16)13-5-2-1-3-6-13)20(28)27(26-19)15-8-4-7-14(11-15)21(29)30/h1-12H,(H,29,30)/b17-12-. The van der Waals surface area contributed by atoms with E-state index in [0.717, 1.165) is 17.7 Å². The number of rotatable bonds is 4. The Labute approximate surface area is 173 Å². The molecule has 0 aliphatic carbocycles. The monoisotopic (exact) mass is 426 g/mol. The lowest BCUT2D eigenvalue weighted by Crippen LogP contribution is -2.25. The highest BCUT2D eigenvalue weighted by atomic mass is 19.4. The van der Waals surface area contributed by atoms with Crippen LogP contribution < -0.4 is 5.01 Å². The maximum Gasteiger partial charge on any atom is 0.435 e. The van der Waals surface area contributed by atoms with Crippen molar-refractivity contribution in [3.8, 4) is 11.3 Å². The van der Waals surface area contributed by atoms with Gasteiger partial charge >= 0.3 is 12.1 Å². The Bertz CT molecular complexity index is 1230. The van der Waals surface area contributed by atoms with Crippen molar-refractivity contribution in [2.75, 3.05) is 5.01 Å². The number of amides is 1. The van der Waals surface area contributed by atoms with E-state index in [2.05, 4.69) is 5.10 Å². The van der Waals surface area contributed by atoms with Crippen molar-refractivity contribution in [1.82, 2.24) is 0 Å². The van der Waals surface area contributed by atoms with E-state index in [4.69, 9.17) is 9.52 Å². The van der Waals surface area contributed by atoms with Gasteiger partial charge in [-0.3, -0.25) is 4.79 Å². The van der Waals surface area contributed by atoms with Gasteiger partial charge in [0.25, 0.3) is 5.91 Å². The van der Waals surface area contributed by atoms with E-state index in [1.54, 1.807) is 30.3 Å². The molecule has 1 aromatic heterocycles. The molecule has 156 valence electrons. The van der Waals surface area contributed by atoms with E-state index < -0.39 is 29.3 Å². The Hall–Kier alpha value is -4.14. The number of carbonyl (C=O) groups is 2. The van der Waals surface area contributed by atoms with Gasteiger partial charge in [0.2, 0.25) is 0 Å². The van der Waals surface area contributed by atoms with Crippen LogP contribution in [-0.4, -0.2) is 28.9 Å². The lowest BCUT2D eigenvalue weighted by atomic mass is 10.1. The van der Waals surface area contributed by atoms with E-state index in [1.165, 1.54) is 24.3 Å². The van der Waals surface area contributed by atoms with Crippen LogP contribution in [0, 0.1) is 0 Å². The van der Waals surface area contributed by atoms with Crippen molar-refractivity contribution in [3.05, 3.63) is 83.6 Å². The molecule has 2 aromatic carbocycles. The van der Waals surface area contributed by atoms with Gasteiger partial charge in [0.15, 0.2) is 5.71 Å². The van der Waals surface area contributed by atoms with E-state index >= 15 is 0 Å². The fourth-order valence-electron chi connectivity index (χ4n) is 3.03. The molecule has 6 nitrogen and oxygen atoms in total. The van der Waals surface area contributed by atoms with Gasteiger partial charge < -0.3 is 9.52 Å². The van der Waals surface area contributed by atoms with Gasteiger partial charge in [-0.2, -0.15) is 23.3 Å². The highest BCUT2D eigenvalue weighted by Gasteiger charge is 2.47. The highest BCUT2D eigenvalue weighted by molar-refractivity contribution is 6.34. The van der Waals surface area contributed by atoms with Gasteiger partial charge in [-0.15, -0.1) is 0 Å². The van der Waals surface area contributed by atoms with Crippen molar-refractivity contribution in [1.29, 1.82) is 0 Å². The number of hydrazone groups is 1. The zero-order valence-electron chi connectivity index (χ0n) is 15.6. The molecule has 1 aliphatic rings. The van der Waals surface area contributed by atoms with E-state index in [0.29, 0.717) is 10.8 Å². The molecular weight excluding hydrogens is 413 g/mol. The molecule has 3 aromatic rings. The number of hydrogen-bond donors (Lipinski definition) is 1. The summed E-state index contributed by atoms with van der Waals surface area (Å²) in [5.74, 6) is -1.87. The molecule has 0 spiro atoms. The summed E-state index contributed by atoms with van der Waals surface area (Å²) < 4.78 is 46.3. The van der Waals surface area contributed by atoms with Crippen LogP contribution in [-0.2, 0) is 4.79 Å². The molecule has 9 heteroatoms. The summed E-state index contributed by atoms with van der Waals surface area (Å²) in [5.41, 5.74) is -1.66. The van der Waals surface area contributed by atoms with E-state index in [9.17, 15) is 22.8 Å². The second kappa shape index (κ2) is 7.60. The van der Waals surface area contributed by atoms with Crippen molar-refractivity contribution < 1.29 is 32.3 Å². The highest BCUT2D eigenvalue weighted by Crippen LogP contribution is 2.33. The van der Waals surface area contributed by atoms with Crippen molar-refractivity contribution in [2.24, 2.45) is 5.10 Å². The minimum atomic E-state index is -4.91. The number of benzene rings is 2. The first-order valence-corrected chi connectivity index (χ1v) is 8.95. The molecule has 0 saturated heterocycles. The number of furan rings is 1. The fourth-order valence-corrected chi connectivity index (χ4v) is 3.03. The zero-order chi connectivity index (χ0) is 22.2. The van der Waals surface area contributed by atoms with E-state index in [-0.39, 0.29) is 17.0 Å². The van der Waals surface area contributed by atoms with Crippen LogP contribution >= 0.6 is 0 Å². The first-order chi connectivity index (χ1) is 14.7. The molecule has 0 saturated carbocycles. The molecule has 0 atom stereocenters. The average Bonchev–Trinajstić information content (AvgIpc) is 3.34. The number of aromatic carboxylic acids is 1. The molecule has 1 aliphatic heterocycles. The summed E-state index contributed by atoms with van der Waals surface area (Å²) in [6.07, 6.45) is -3.93. The lowest BCUT2D eigenvalue weighted by Gasteiger charge is -2.11. The third kappa shape index (κ3) is 3.97. The zero-order valence-corrected chi connectivity index (χ0v) is 15.6. The Kier molecular flexibility index (Phi) is 4.94. The Morgan fingerprint density at radius 3 is 2.45 bits per heavy atom. The first-order valence-electron chi connectivity index (χ1n) is 8.95. The number of halogens is 3. The molecule has 2 heterocycles. The normalized spacial score (nSPS) is 15.5. The Balaban J connectivity index is 1.73. The van der Waals surface area contributed by atoms with Crippen molar-refractivity contribution >= 4 is 29.4 Å². The van der Waals surface area contributed by atoms with Gasteiger partial charge in [-0.05, 0) is 36.4 Å². The lowest BCUT2D eigenvalue weighted by molar-refractivity contribution is -0.114. The molecule has 31 heavy (non-hydrogen) atoms. The molecule has 1 amide bonds. The number of carboxylic acid groups (broad SMARTS) is 1. The van der Waals surface area contributed by atoms with Gasteiger partial charge in [-0.1, -0.05) is 36.4 Å². The molecular formula is C22H13F3N2O4. The number of nitrogens with zero attached hydrogens (tertiary/aromatic N) is 2. The van der Waals surface area contributed by atoms with Gasteiger partial charge in [0, 0.05) is 5.56 Å². The summed E-state index contributed by atoms with van der Waals surface area (Å²) in [7, 11) is 0. The second-order valence-electron chi connectivity index (χ2n) is 6.54. The molecule has 0 unspecified atom stereocenters. The minimum Gasteiger partial charge on any atom is -0.478 e. The minimum absolute atomic E-state index is 0.0419. The summed E-state index contributed by atoms with van der Waals surface area (Å²) in [4.78, 5) is 23.9. The SMILES string of the molecule is O=C(O)c1cccc(N2N=C(C(F)(F)F)/C(=C/c3ccc(-c4ccccc4)o3)C2=O)c1. The molecule has 1 N–H and O–H groups in total. The van der Waals surface area contributed by atoms with Crippen LogP contribution in [0.1, 0.15) is 16.1 Å². The quantitative estimate of drug-likeness (QED) is 0.596. The Morgan fingerprint density at radius 1 is 1.03 bits per heavy atom. The van der Waals surface area contributed by atoms with Crippen LogP contribution in [0.15, 0.2) is 81.8 Å². The van der Waals surface area contributed by atoms with Crippen LogP contribution in [0.3, 0.4) is 0 Å². The molecule has 0 bridgehead atoms. The first kappa shape index (κ1) is 20.1. The third-order valence-electron chi connectivity index (χ3n) is 4.46. The number of hydrogen-bond acceptors (Lipinski definition) is 4. The number of anilines is 1. The maximum absolute atomic E-state index is 13.6. The Morgan fingerprint density at radius 2 is 1.77 bits per heavy atom. The number of carbonyl (C=O) groups excluding carboxylic acids is 1. The molecule has 0 radical (unpaired) electrons. The smallest absolute Gasteiger partial charge is 0.435 e. The third-order valence-corrected chi connectivity index (χ3v) is 4.46. The van der Waals surface area contributed by atoms with Crippen LogP contribution in [0.4, 0.5) is 18.9 Å². The maximum atomic E-state index is 13.6. The summed E-state index contributed by atoms with van der Waals surface area (Å²) in [5, 5.41) is 13.1. The van der Waals surface area contributed by atoms with E-state index in [1.807, 2.05) is 6.07 Å². The fraction of sp³-hybridized carbons (Fsp3) is 0.0455. The molecule has 4 rings (SSSR count). The summed E-state index contributed by atoms with van der Waals surface area (Å²) in [6, 6.07) is 16.9. The van der Waals surface area contributed by atoms with Crippen molar-refractivity contribution in [3.63, 3.8) is 0 Å². The van der Waals surface area contributed by atoms with Crippen LogP contribution in [0.2, 0.25) is 0 Å². The predicted octanol–water partition coefficient (Wildman–Crippen LogP) is 4.99. The summed E-state index contributed by atoms with van der Waals surface area (Å²) >= 11 is 0. The largest absolute Gasteiger partial charge is 0.478 e. The topological polar surface area (TPSA) is 83.1 Å². The second-order valence-corrected chi connectivity index (χ2v) is 6.54. The van der Waals surface area contributed by atoms with Crippen LogP contribution in [0.25, 0.3) is 17.4 Å². The average molecular weight is 426 g/mol. The van der Waals surface area contributed by atoms with Crippen molar-refractivity contribution in [2.45, 2.75) is 6.18 Å². The van der Waals surface area contributed by atoms with Gasteiger partial charge in [-0.25, -0.2) is 4.79 Å². The predicted molar refractivity (Wildman–Crippen MR) is 106 cm³/mol. The number of carboxylic acids is 1. The molecule has 0 fully saturated rings. The van der Waals surface area contributed by atoms with Crippen LogP contribution in [0.5, 0.6) is 0 Å². The van der Waals surface area contributed by atoms with Gasteiger partial charge in [0.05, 0.1) is 16.8 Å².